The Labute approximate surface area is 194 Å². The smallest absolute Gasteiger partial charge is 0.270 e. The summed E-state index contributed by atoms with van der Waals surface area (Å²) in [6.45, 7) is 1.57. The summed E-state index contributed by atoms with van der Waals surface area (Å²) >= 11 is 0. The Balaban J connectivity index is 1.96. The Morgan fingerprint density at radius 2 is 1.59 bits per heavy atom. The van der Waals surface area contributed by atoms with E-state index in [1.807, 2.05) is 0 Å². The van der Waals surface area contributed by atoms with Crippen molar-refractivity contribution in [2.24, 2.45) is 5.10 Å². The normalized spacial score (nSPS) is 11.5. The second-order valence-electron chi connectivity index (χ2n) is 6.89. The van der Waals surface area contributed by atoms with Crippen molar-refractivity contribution in [2.75, 3.05) is 17.3 Å². The van der Waals surface area contributed by atoms with Gasteiger partial charge in [0.25, 0.3) is 21.4 Å². The molecule has 0 saturated carbocycles. The van der Waals surface area contributed by atoms with Crippen molar-refractivity contribution >= 4 is 38.5 Å². The van der Waals surface area contributed by atoms with Gasteiger partial charge in [-0.25, -0.2) is 8.42 Å². The van der Waals surface area contributed by atoms with Crippen LogP contribution in [0.15, 0.2) is 76.7 Å². The number of ether oxygens (including phenoxy) is 1. The second kappa shape index (κ2) is 9.95. The van der Waals surface area contributed by atoms with Gasteiger partial charge in [0.2, 0.25) is 0 Å². The van der Waals surface area contributed by atoms with Crippen LogP contribution in [0.5, 0.6) is 5.75 Å². The predicted octanol–water partition coefficient (Wildman–Crippen LogP) is 4.15. The van der Waals surface area contributed by atoms with Crippen LogP contribution < -0.4 is 14.9 Å². The van der Waals surface area contributed by atoms with Crippen LogP contribution in [0.4, 0.5) is 22.7 Å². The van der Waals surface area contributed by atoms with Crippen molar-refractivity contribution < 1.29 is 23.0 Å². The van der Waals surface area contributed by atoms with E-state index in [1.54, 1.807) is 25.1 Å². The standard InChI is InChI=1S/C21H19N5O7S/c1-14(15-4-3-5-17(12-15)25(27)28)22-23-20-11-8-18(26(29)30)13-21(20)34(31,32)24-16-6-9-19(33-2)10-7-16/h3-13,23-24H,1-2H3. The zero-order valence-corrected chi connectivity index (χ0v) is 18.8. The van der Waals surface area contributed by atoms with E-state index in [9.17, 15) is 28.6 Å². The molecule has 3 aromatic rings. The van der Waals surface area contributed by atoms with Gasteiger partial charge >= 0.3 is 0 Å². The van der Waals surface area contributed by atoms with Crippen molar-refractivity contribution in [3.05, 3.63) is 92.5 Å². The Kier molecular flexibility index (Phi) is 7.06. The van der Waals surface area contributed by atoms with E-state index in [0.717, 1.165) is 12.1 Å². The Hall–Kier alpha value is -4.52. The monoisotopic (exact) mass is 485 g/mol. The maximum Gasteiger partial charge on any atom is 0.270 e. The fraction of sp³-hybridized carbons (Fsp3) is 0.0952. The van der Waals surface area contributed by atoms with Crippen LogP contribution in [0, 0.1) is 20.2 Å². The lowest BCUT2D eigenvalue weighted by Crippen LogP contribution is -2.15. The lowest BCUT2D eigenvalue weighted by atomic mass is 10.1. The topological polar surface area (TPSA) is 166 Å². The van der Waals surface area contributed by atoms with Gasteiger partial charge < -0.3 is 4.74 Å². The first-order chi connectivity index (χ1) is 16.1. The summed E-state index contributed by atoms with van der Waals surface area (Å²) < 4.78 is 33.5. The first kappa shape index (κ1) is 24.1. The number of rotatable bonds is 9. The number of hydrogen-bond acceptors (Lipinski definition) is 9. The van der Waals surface area contributed by atoms with E-state index in [0.29, 0.717) is 17.0 Å². The third-order valence-electron chi connectivity index (χ3n) is 4.63. The number of anilines is 2. The lowest BCUT2D eigenvalue weighted by Gasteiger charge is -2.13. The highest BCUT2D eigenvalue weighted by atomic mass is 32.2. The van der Waals surface area contributed by atoms with Gasteiger partial charge in [-0.15, -0.1) is 0 Å². The highest BCUT2D eigenvalue weighted by Crippen LogP contribution is 2.29. The molecule has 13 heteroatoms. The summed E-state index contributed by atoms with van der Waals surface area (Å²) in [5, 5.41) is 26.3. The average molecular weight is 485 g/mol. The number of hydrazone groups is 1. The molecule has 3 aromatic carbocycles. The Bertz CT molecular complexity index is 1370. The fourth-order valence-electron chi connectivity index (χ4n) is 2.86. The molecular formula is C21H19N5O7S. The number of nitro groups is 2. The third kappa shape index (κ3) is 5.63. The number of nitro benzene ring substituents is 2. The number of non-ortho nitro benzene ring substituents is 2. The van der Waals surface area contributed by atoms with Crippen LogP contribution in [-0.2, 0) is 10.0 Å². The van der Waals surface area contributed by atoms with Crippen molar-refractivity contribution in [3.63, 3.8) is 0 Å². The van der Waals surface area contributed by atoms with Crippen LogP contribution in [0.25, 0.3) is 0 Å². The van der Waals surface area contributed by atoms with Crippen LogP contribution in [0.2, 0.25) is 0 Å². The minimum atomic E-state index is -4.27. The first-order valence-corrected chi connectivity index (χ1v) is 11.1. The molecule has 3 rings (SSSR count). The average Bonchev–Trinajstić information content (AvgIpc) is 2.82. The first-order valence-electron chi connectivity index (χ1n) is 9.61. The van der Waals surface area contributed by atoms with Gasteiger partial charge in [0.1, 0.15) is 10.6 Å². The second-order valence-corrected chi connectivity index (χ2v) is 8.54. The molecule has 34 heavy (non-hydrogen) atoms. The van der Waals surface area contributed by atoms with Gasteiger partial charge in [0.05, 0.1) is 28.4 Å². The fourth-order valence-corrected chi connectivity index (χ4v) is 4.10. The Morgan fingerprint density at radius 1 is 0.941 bits per heavy atom. The number of benzene rings is 3. The summed E-state index contributed by atoms with van der Waals surface area (Å²) in [5.41, 5.74) is 2.98. The molecule has 0 aromatic heterocycles. The van der Waals surface area contributed by atoms with E-state index in [-0.39, 0.29) is 17.1 Å². The van der Waals surface area contributed by atoms with Gasteiger partial charge in [0.15, 0.2) is 0 Å². The highest BCUT2D eigenvalue weighted by molar-refractivity contribution is 7.92. The minimum Gasteiger partial charge on any atom is -0.497 e. The molecule has 0 unspecified atom stereocenters. The van der Waals surface area contributed by atoms with Gasteiger partial charge in [-0.3, -0.25) is 30.4 Å². The third-order valence-corrected chi connectivity index (χ3v) is 6.05. The number of hydrogen-bond donors (Lipinski definition) is 2. The van der Waals surface area contributed by atoms with Gasteiger partial charge in [-0.05, 0) is 37.3 Å². The zero-order valence-electron chi connectivity index (χ0n) is 18.0. The molecule has 0 aliphatic heterocycles. The van der Waals surface area contributed by atoms with E-state index in [4.69, 9.17) is 4.74 Å². The van der Waals surface area contributed by atoms with E-state index < -0.39 is 30.5 Å². The van der Waals surface area contributed by atoms with E-state index in [2.05, 4.69) is 15.2 Å². The largest absolute Gasteiger partial charge is 0.497 e. The quantitative estimate of drug-likeness (QED) is 0.259. The maximum absolute atomic E-state index is 13.1. The van der Waals surface area contributed by atoms with Crippen LogP contribution in [0.1, 0.15) is 12.5 Å². The number of sulfonamides is 1. The summed E-state index contributed by atoms with van der Waals surface area (Å²) in [4.78, 5) is 20.6. The van der Waals surface area contributed by atoms with Crippen molar-refractivity contribution in [3.8, 4) is 5.75 Å². The van der Waals surface area contributed by atoms with Gasteiger partial charge in [-0.2, -0.15) is 5.10 Å². The highest BCUT2D eigenvalue weighted by Gasteiger charge is 2.23. The SMILES string of the molecule is COc1ccc(NS(=O)(=O)c2cc([N+](=O)[O-])ccc2NN=C(C)c2cccc([N+](=O)[O-])c2)cc1. The van der Waals surface area contributed by atoms with Crippen LogP contribution >= 0.6 is 0 Å². The molecule has 12 nitrogen and oxygen atoms in total. The Morgan fingerprint density at radius 3 is 2.21 bits per heavy atom. The molecule has 0 amide bonds. The van der Waals surface area contributed by atoms with Crippen molar-refractivity contribution in [2.45, 2.75) is 11.8 Å². The molecule has 0 fully saturated rings. The summed E-state index contributed by atoms with van der Waals surface area (Å²) in [6.07, 6.45) is 0. The molecule has 0 aliphatic rings. The number of nitrogens with one attached hydrogen (secondary N) is 2. The summed E-state index contributed by atoms with van der Waals surface area (Å²) in [5.74, 6) is 0.520. The van der Waals surface area contributed by atoms with Crippen molar-refractivity contribution in [1.29, 1.82) is 0 Å². The molecule has 0 bridgehead atoms. The molecule has 2 N–H and O–H groups in total. The summed E-state index contributed by atoms with van der Waals surface area (Å²) in [7, 11) is -2.80. The van der Waals surface area contributed by atoms with Crippen LogP contribution in [0.3, 0.4) is 0 Å². The molecule has 0 aliphatic carbocycles. The molecular weight excluding hydrogens is 466 g/mol. The summed E-state index contributed by atoms with van der Waals surface area (Å²) in [6, 6.07) is 15.1. The zero-order chi connectivity index (χ0) is 24.9. The lowest BCUT2D eigenvalue weighted by molar-refractivity contribution is -0.385. The predicted molar refractivity (Wildman–Crippen MR) is 126 cm³/mol. The van der Waals surface area contributed by atoms with E-state index in [1.165, 1.54) is 43.5 Å². The van der Waals surface area contributed by atoms with Crippen LogP contribution in [-0.4, -0.2) is 31.1 Å². The van der Waals surface area contributed by atoms with Gasteiger partial charge in [0, 0.05) is 35.5 Å². The molecule has 0 spiro atoms. The molecule has 0 saturated heterocycles. The number of methoxy groups -OCH3 is 1. The molecule has 176 valence electrons. The molecule has 0 atom stereocenters. The van der Waals surface area contributed by atoms with Crippen molar-refractivity contribution in [1.82, 2.24) is 0 Å². The van der Waals surface area contributed by atoms with Gasteiger partial charge in [-0.1, -0.05) is 12.1 Å². The number of nitrogens with zero attached hydrogens (tertiary/aromatic N) is 3. The molecule has 0 radical (unpaired) electrons. The minimum absolute atomic E-state index is 0.0311. The maximum atomic E-state index is 13.1. The molecule has 0 heterocycles. The van der Waals surface area contributed by atoms with E-state index >= 15 is 0 Å².